The SMILES string of the molecule is CN(C)C(=O)CNC(=O)c1cc(-c2cnc(-c3ccc(Cl)cc3)nc2)nn(-c2cnn(C)c2)c1=O. The van der Waals surface area contributed by atoms with Crippen LogP contribution in [-0.4, -0.2) is 66.9 Å². The molecule has 11 nitrogen and oxygen atoms in total. The molecule has 0 saturated carbocycles. The van der Waals surface area contributed by atoms with E-state index in [1.54, 1.807) is 64.0 Å². The van der Waals surface area contributed by atoms with Crippen LogP contribution in [0.3, 0.4) is 0 Å². The van der Waals surface area contributed by atoms with Crippen LogP contribution < -0.4 is 10.9 Å². The van der Waals surface area contributed by atoms with Crippen LogP contribution in [0.15, 0.2) is 59.9 Å². The second-order valence-electron chi connectivity index (χ2n) is 7.81. The molecule has 0 fully saturated rings. The summed E-state index contributed by atoms with van der Waals surface area (Å²) in [6.07, 6.45) is 6.15. The summed E-state index contributed by atoms with van der Waals surface area (Å²) in [7, 11) is 4.84. The van der Waals surface area contributed by atoms with Gasteiger partial charge < -0.3 is 10.2 Å². The average Bonchev–Trinajstić information content (AvgIpc) is 3.29. The third-order valence-corrected chi connectivity index (χ3v) is 5.29. The van der Waals surface area contributed by atoms with Gasteiger partial charge in [0.2, 0.25) is 5.91 Å². The van der Waals surface area contributed by atoms with Crippen molar-refractivity contribution in [1.82, 2.24) is 39.7 Å². The van der Waals surface area contributed by atoms with Gasteiger partial charge in [-0.2, -0.15) is 14.9 Å². The lowest BCUT2D eigenvalue weighted by molar-refractivity contribution is -0.127. The minimum atomic E-state index is -0.704. The molecule has 0 atom stereocenters. The third kappa shape index (κ3) is 5.25. The van der Waals surface area contributed by atoms with Gasteiger partial charge in [-0.1, -0.05) is 11.6 Å². The van der Waals surface area contributed by atoms with Crippen molar-refractivity contribution in [2.24, 2.45) is 7.05 Å². The molecule has 178 valence electrons. The van der Waals surface area contributed by atoms with Crippen molar-refractivity contribution in [3.8, 4) is 28.3 Å². The Morgan fingerprint density at radius 1 is 1.06 bits per heavy atom. The molecule has 12 heteroatoms. The highest BCUT2D eigenvalue weighted by molar-refractivity contribution is 6.30. The predicted octanol–water partition coefficient (Wildman–Crippen LogP) is 1.56. The highest BCUT2D eigenvalue weighted by Gasteiger charge is 2.19. The number of rotatable bonds is 6. The molecule has 0 aliphatic heterocycles. The number of hydrogen-bond donors (Lipinski definition) is 1. The van der Waals surface area contributed by atoms with Crippen LogP contribution in [0.4, 0.5) is 0 Å². The number of benzene rings is 1. The Bertz CT molecular complexity index is 1440. The number of likely N-dealkylation sites (N-methyl/N-ethyl adjacent to an activating group) is 1. The molecule has 0 radical (unpaired) electrons. The molecule has 1 N–H and O–H groups in total. The van der Waals surface area contributed by atoms with Crippen LogP contribution in [0.25, 0.3) is 28.3 Å². The molecule has 0 spiro atoms. The smallest absolute Gasteiger partial charge is 0.284 e. The van der Waals surface area contributed by atoms with E-state index in [0.717, 1.165) is 10.2 Å². The highest BCUT2D eigenvalue weighted by Crippen LogP contribution is 2.21. The van der Waals surface area contributed by atoms with Crippen LogP contribution in [0.1, 0.15) is 10.4 Å². The molecule has 3 aromatic heterocycles. The lowest BCUT2D eigenvalue weighted by Gasteiger charge is -2.12. The maximum absolute atomic E-state index is 13.1. The zero-order valence-electron chi connectivity index (χ0n) is 19.1. The van der Waals surface area contributed by atoms with Crippen LogP contribution in [0.5, 0.6) is 0 Å². The quantitative estimate of drug-likeness (QED) is 0.432. The summed E-state index contributed by atoms with van der Waals surface area (Å²) in [6, 6.07) is 8.44. The van der Waals surface area contributed by atoms with E-state index in [-0.39, 0.29) is 18.0 Å². The van der Waals surface area contributed by atoms with Crippen LogP contribution in [0.2, 0.25) is 5.02 Å². The maximum atomic E-state index is 13.1. The highest BCUT2D eigenvalue weighted by atomic mass is 35.5. The summed E-state index contributed by atoms with van der Waals surface area (Å²) < 4.78 is 2.59. The van der Waals surface area contributed by atoms with Gasteiger partial charge in [-0.25, -0.2) is 9.97 Å². The number of aromatic nitrogens is 6. The van der Waals surface area contributed by atoms with E-state index in [0.29, 0.717) is 27.8 Å². The topological polar surface area (TPSA) is 128 Å². The van der Waals surface area contributed by atoms with E-state index >= 15 is 0 Å². The molecular formula is C23H21ClN8O3. The lowest BCUT2D eigenvalue weighted by atomic mass is 10.1. The van der Waals surface area contributed by atoms with E-state index < -0.39 is 11.5 Å². The Hall–Kier alpha value is -4.38. The van der Waals surface area contributed by atoms with E-state index in [9.17, 15) is 14.4 Å². The Kier molecular flexibility index (Phi) is 6.69. The number of carbonyl (C=O) groups excluding carboxylic acids is 2. The first-order valence-electron chi connectivity index (χ1n) is 10.4. The summed E-state index contributed by atoms with van der Waals surface area (Å²) in [5.41, 5.74) is 1.08. The van der Waals surface area contributed by atoms with Crippen LogP contribution in [0, 0.1) is 0 Å². The summed E-state index contributed by atoms with van der Waals surface area (Å²) in [6.45, 7) is -0.255. The van der Waals surface area contributed by atoms with Crippen LogP contribution in [-0.2, 0) is 11.8 Å². The van der Waals surface area contributed by atoms with Gasteiger partial charge in [0, 0.05) is 49.7 Å². The minimum Gasteiger partial charge on any atom is -0.347 e. The van der Waals surface area contributed by atoms with E-state index in [4.69, 9.17) is 11.6 Å². The van der Waals surface area contributed by atoms with Gasteiger partial charge in [-0.3, -0.25) is 19.1 Å². The molecule has 0 aliphatic carbocycles. The molecule has 3 heterocycles. The van der Waals surface area contributed by atoms with Crippen molar-refractivity contribution in [1.29, 1.82) is 0 Å². The van der Waals surface area contributed by atoms with Gasteiger partial charge in [-0.15, -0.1) is 0 Å². The van der Waals surface area contributed by atoms with Crippen LogP contribution >= 0.6 is 11.6 Å². The fourth-order valence-corrected chi connectivity index (χ4v) is 3.23. The number of halogens is 1. The summed E-state index contributed by atoms with van der Waals surface area (Å²) in [5, 5.41) is 11.6. The van der Waals surface area contributed by atoms with Gasteiger partial charge in [0.15, 0.2) is 5.82 Å². The van der Waals surface area contributed by atoms with Crippen molar-refractivity contribution in [3.63, 3.8) is 0 Å². The van der Waals surface area contributed by atoms with Gasteiger partial charge in [0.25, 0.3) is 11.5 Å². The minimum absolute atomic E-state index is 0.188. The van der Waals surface area contributed by atoms with Gasteiger partial charge in [-0.05, 0) is 30.3 Å². The molecule has 0 saturated heterocycles. The van der Waals surface area contributed by atoms with Crippen molar-refractivity contribution in [3.05, 3.63) is 76.1 Å². The molecule has 4 rings (SSSR count). The fourth-order valence-electron chi connectivity index (χ4n) is 3.11. The van der Waals surface area contributed by atoms with Gasteiger partial charge in [0.05, 0.1) is 24.6 Å². The molecule has 0 bridgehead atoms. The molecular weight excluding hydrogens is 472 g/mol. The Morgan fingerprint density at radius 2 is 1.74 bits per heavy atom. The number of nitrogens with one attached hydrogen (secondary N) is 1. The Balaban J connectivity index is 1.74. The summed E-state index contributed by atoms with van der Waals surface area (Å²) in [5.74, 6) is -0.539. The average molecular weight is 493 g/mol. The number of carbonyl (C=O) groups is 2. The molecule has 4 aromatic rings. The summed E-state index contributed by atoms with van der Waals surface area (Å²) in [4.78, 5) is 48.0. The van der Waals surface area contributed by atoms with Gasteiger partial charge in [0.1, 0.15) is 11.3 Å². The summed E-state index contributed by atoms with van der Waals surface area (Å²) >= 11 is 5.94. The van der Waals surface area contributed by atoms with Crippen molar-refractivity contribution in [2.45, 2.75) is 0 Å². The fraction of sp³-hybridized carbons (Fsp3) is 0.174. The zero-order valence-corrected chi connectivity index (χ0v) is 19.9. The molecule has 35 heavy (non-hydrogen) atoms. The third-order valence-electron chi connectivity index (χ3n) is 5.04. The standard InChI is InChI=1S/C23H21ClN8O3/c1-30(2)20(33)12-27-22(34)18-8-19(29-32(23(18)35)17-11-28-31(3)13-17)15-9-25-21(26-10-15)14-4-6-16(24)7-5-14/h4-11,13H,12H2,1-3H3,(H,27,34). The second kappa shape index (κ2) is 9.85. The molecule has 1 aromatic carbocycles. The van der Waals surface area contributed by atoms with Crippen molar-refractivity contribution >= 4 is 23.4 Å². The normalized spacial score (nSPS) is 10.7. The predicted molar refractivity (Wildman–Crippen MR) is 129 cm³/mol. The maximum Gasteiger partial charge on any atom is 0.284 e. The van der Waals surface area contributed by atoms with E-state index in [1.807, 2.05) is 0 Å². The number of hydrogen-bond acceptors (Lipinski definition) is 7. The lowest BCUT2D eigenvalue weighted by Crippen LogP contribution is -2.39. The first-order chi connectivity index (χ1) is 16.7. The monoisotopic (exact) mass is 492 g/mol. The molecule has 2 amide bonds. The second-order valence-corrected chi connectivity index (χ2v) is 8.24. The number of nitrogens with zero attached hydrogens (tertiary/aromatic N) is 7. The zero-order chi connectivity index (χ0) is 25.1. The van der Waals surface area contributed by atoms with E-state index in [2.05, 4.69) is 25.5 Å². The number of amides is 2. The van der Waals surface area contributed by atoms with Crippen molar-refractivity contribution < 1.29 is 9.59 Å². The molecule has 0 aliphatic rings. The van der Waals surface area contributed by atoms with Gasteiger partial charge >= 0.3 is 0 Å². The Morgan fingerprint density at radius 3 is 2.34 bits per heavy atom. The first-order valence-corrected chi connectivity index (χ1v) is 10.8. The largest absolute Gasteiger partial charge is 0.347 e. The Labute approximate surface area is 205 Å². The molecule has 0 unspecified atom stereocenters. The van der Waals surface area contributed by atoms with E-state index in [1.165, 1.54) is 21.8 Å². The van der Waals surface area contributed by atoms with Crippen molar-refractivity contribution in [2.75, 3.05) is 20.6 Å². The number of aryl methyl sites for hydroxylation is 1. The first kappa shape index (κ1) is 23.8.